The highest BCUT2D eigenvalue weighted by atomic mass is 35.7. The number of aliphatic hydroxyl groups is 1. The third kappa shape index (κ3) is 2.63. The second-order valence-corrected chi connectivity index (χ2v) is 2.94. The van der Waals surface area contributed by atoms with E-state index >= 15 is 0 Å². The van der Waals surface area contributed by atoms with Crippen molar-refractivity contribution in [1.82, 2.24) is 0 Å². The first kappa shape index (κ1) is 6.40. The molecule has 2 atom stereocenters. The maximum absolute atomic E-state index is 9.77. The third-order valence-corrected chi connectivity index (χ3v) is 1.58. The molecule has 0 radical (unpaired) electrons. The van der Waals surface area contributed by atoms with Crippen LogP contribution in [0.3, 0.4) is 0 Å². The highest BCUT2D eigenvalue weighted by Gasteiger charge is 1.98. The molecule has 0 saturated heterocycles. The molecule has 1 N–H and O–H groups in total. The maximum atomic E-state index is 9.77. The molecule has 0 aromatic carbocycles. The molecule has 0 aromatic heterocycles. The first-order valence-electron chi connectivity index (χ1n) is 1.39. The summed E-state index contributed by atoms with van der Waals surface area (Å²) in [5.41, 5.74) is -0.910. The second-order valence-electron chi connectivity index (χ2n) is 0.848. The van der Waals surface area contributed by atoms with Crippen molar-refractivity contribution < 1.29 is 9.32 Å². The van der Waals surface area contributed by atoms with Gasteiger partial charge in [0.15, 0.2) is 0 Å². The Hall–Kier alpha value is 0.400. The highest BCUT2D eigenvalue weighted by Crippen LogP contribution is 1.93. The molecule has 0 aromatic rings. The lowest BCUT2D eigenvalue weighted by atomic mass is 10.9. The molecule has 0 spiro atoms. The summed E-state index contributed by atoms with van der Waals surface area (Å²) in [6, 6.07) is 0. The Kier molecular flexibility index (Phi) is 2.72. The Morgan fingerprint density at radius 2 is 2.17 bits per heavy atom. The van der Waals surface area contributed by atoms with Crippen molar-refractivity contribution in [3.63, 3.8) is 0 Å². The molecule has 0 aliphatic heterocycles. The van der Waals surface area contributed by atoms with Gasteiger partial charge in [-0.05, 0) is 17.6 Å². The summed E-state index contributed by atoms with van der Waals surface area (Å²) in [5, 5.41) is 8.20. The molecule has 0 fully saturated rings. The van der Waals surface area contributed by atoms with E-state index in [-0.39, 0.29) is 0 Å². The molecule has 38 valence electrons. The van der Waals surface area contributed by atoms with Crippen LogP contribution in [-0.2, 0) is 10.0 Å². The van der Waals surface area contributed by atoms with Gasteiger partial charge in [0.25, 0.3) is 0 Å². The monoisotopic (exact) mass is 128 g/mol. The molecular formula is C2H5ClO2S. The minimum atomic E-state index is -1.59. The smallest absolute Gasteiger partial charge is 0.143 e. The van der Waals surface area contributed by atoms with E-state index in [2.05, 4.69) is 0 Å². The predicted octanol–water partition coefficient (Wildman–Crippen LogP) is 0.227. The summed E-state index contributed by atoms with van der Waals surface area (Å²) in [4.78, 5) is 0. The van der Waals surface area contributed by atoms with Crippen LogP contribution in [0.25, 0.3) is 0 Å². The molecule has 0 amide bonds. The minimum Gasteiger partial charge on any atom is -0.379 e. The maximum Gasteiger partial charge on any atom is 0.143 e. The summed E-state index contributed by atoms with van der Waals surface area (Å²) in [6.45, 7) is 1.36. The lowest BCUT2D eigenvalue weighted by Gasteiger charge is -1.89. The Balaban J connectivity index is 3.26. The van der Waals surface area contributed by atoms with Crippen LogP contribution >= 0.6 is 10.7 Å². The SMILES string of the molecule is CC(O)S(=O)Cl. The van der Waals surface area contributed by atoms with Gasteiger partial charge in [-0.3, -0.25) is 0 Å². The molecule has 0 aliphatic rings. The normalized spacial score (nSPS) is 19.8. The van der Waals surface area contributed by atoms with E-state index in [1.807, 2.05) is 0 Å². The van der Waals surface area contributed by atoms with Crippen molar-refractivity contribution >= 4 is 20.7 Å². The van der Waals surface area contributed by atoms with Crippen LogP contribution in [0, 0.1) is 0 Å². The number of halogens is 1. The van der Waals surface area contributed by atoms with Gasteiger partial charge in [-0.2, -0.15) is 0 Å². The van der Waals surface area contributed by atoms with Crippen molar-refractivity contribution in [2.24, 2.45) is 0 Å². The average molecular weight is 129 g/mol. The summed E-state index contributed by atoms with van der Waals surface area (Å²) >= 11 is 0. The first-order chi connectivity index (χ1) is 2.64. The Bertz CT molecular complexity index is 62.6. The van der Waals surface area contributed by atoms with Crippen molar-refractivity contribution in [1.29, 1.82) is 0 Å². The summed E-state index contributed by atoms with van der Waals surface area (Å²) in [6.07, 6.45) is 0. The summed E-state index contributed by atoms with van der Waals surface area (Å²) in [5.74, 6) is 0. The lowest BCUT2D eigenvalue weighted by molar-refractivity contribution is 0.279. The molecule has 0 rings (SSSR count). The van der Waals surface area contributed by atoms with Crippen LogP contribution in [0.1, 0.15) is 6.92 Å². The molecule has 6 heavy (non-hydrogen) atoms. The minimum absolute atomic E-state index is 0.910. The zero-order valence-corrected chi connectivity index (χ0v) is 4.79. The fourth-order valence-corrected chi connectivity index (χ4v) is 0. The molecule has 2 unspecified atom stereocenters. The van der Waals surface area contributed by atoms with Crippen LogP contribution in [0.5, 0.6) is 0 Å². The van der Waals surface area contributed by atoms with Crippen molar-refractivity contribution in [2.75, 3.05) is 0 Å². The molecule has 0 heterocycles. The van der Waals surface area contributed by atoms with E-state index in [9.17, 15) is 4.21 Å². The van der Waals surface area contributed by atoms with E-state index < -0.39 is 15.4 Å². The summed E-state index contributed by atoms with van der Waals surface area (Å²) < 4.78 is 9.77. The molecule has 4 heteroatoms. The third-order valence-electron chi connectivity index (χ3n) is 0.268. The van der Waals surface area contributed by atoms with Crippen LogP contribution < -0.4 is 0 Å². The van der Waals surface area contributed by atoms with Crippen LogP contribution in [0.4, 0.5) is 0 Å². The highest BCUT2D eigenvalue weighted by molar-refractivity contribution is 8.08. The average Bonchev–Trinajstić information content (AvgIpc) is 1.36. The largest absolute Gasteiger partial charge is 0.379 e. The van der Waals surface area contributed by atoms with E-state index in [4.69, 9.17) is 15.8 Å². The number of hydrogen-bond donors (Lipinski definition) is 1. The number of rotatable bonds is 1. The van der Waals surface area contributed by atoms with Crippen molar-refractivity contribution in [3.8, 4) is 0 Å². The zero-order chi connectivity index (χ0) is 5.15. The van der Waals surface area contributed by atoms with Gasteiger partial charge < -0.3 is 5.11 Å². The van der Waals surface area contributed by atoms with E-state index in [1.165, 1.54) is 6.92 Å². The fraction of sp³-hybridized carbons (Fsp3) is 1.00. The standard InChI is InChI=1S/C2H5ClO2S/c1-2(4)6(3)5/h2,4H,1H3. The molecular weight excluding hydrogens is 124 g/mol. The lowest BCUT2D eigenvalue weighted by Crippen LogP contribution is -2.00. The quantitative estimate of drug-likeness (QED) is 0.514. The first-order valence-corrected chi connectivity index (χ1v) is 3.43. The molecule has 0 bridgehead atoms. The fourth-order valence-electron chi connectivity index (χ4n) is 0. The van der Waals surface area contributed by atoms with E-state index in [0.29, 0.717) is 0 Å². The van der Waals surface area contributed by atoms with Crippen LogP contribution in [0.2, 0.25) is 0 Å². The zero-order valence-electron chi connectivity index (χ0n) is 3.22. The summed E-state index contributed by atoms with van der Waals surface area (Å²) in [7, 11) is 3.25. The van der Waals surface area contributed by atoms with Gasteiger partial charge in [0.2, 0.25) is 0 Å². The van der Waals surface area contributed by atoms with Gasteiger partial charge in [0, 0.05) is 0 Å². The van der Waals surface area contributed by atoms with Crippen molar-refractivity contribution in [2.45, 2.75) is 12.4 Å². The second kappa shape index (κ2) is 2.55. The number of aliphatic hydroxyl groups excluding tert-OH is 1. The van der Waals surface area contributed by atoms with Crippen molar-refractivity contribution in [3.05, 3.63) is 0 Å². The van der Waals surface area contributed by atoms with E-state index in [1.54, 1.807) is 0 Å². The van der Waals surface area contributed by atoms with Gasteiger partial charge in [-0.25, -0.2) is 4.21 Å². The molecule has 0 aliphatic carbocycles. The predicted molar refractivity (Wildman–Crippen MR) is 25.7 cm³/mol. The van der Waals surface area contributed by atoms with Gasteiger partial charge in [-0.1, -0.05) is 0 Å². The topological polar surface area (TPSA) is 37.3 Å². The Labute approximate surface area is 43.1 Å². The van der Waals surface area contributed by atoms with Gasteiger partial charge in [0.05, 0.1) is 0 Å². The Morgan fingerprint density at radius 3 is 2.17 bits per heavy atom. The van der Waals surface area contributed by atoms with Crippen LogP contribution in [0.15, 0.2) is 0 Å². The van der Waals surface area contributed by atoms with E-state index in [0.717, 1.165) is 0 Å². The molecule has 2 nitrogen and oxygen atoms in total. The Morgan fingerprint density at radius 1 is 2.00 bits per heavy atom. The van der Waals surface area contributed by atoms with Gasteiger partial charge in [0.1, 0.15) is 15.4 Å². The van der Waals surface area contributed by atoms with Crippen LogP contribution in [-0.4, -0.2) is 14.8 Å². The van der Waals surface area contributed by atoms with Gasteiger partial charge >= 0.3 is 0 Å². The van der Waals surface area contributed by atoms with Gasteiger partial charge in [-0.15, -0.1) is 0 Å². The molecule has 0 saturated carbocycles. The number of hydrogen-bond acceptors (Lipinski definition) is 2.